The molecule has 114 heavy (non-hydrogen) atoms. The first-order valence-corrected chi connectivity index (χ1v) is 36.0. The largest absolute Gasteiger partial charge is 0.490 e. The normalized spacial score (nSPS) is 15.6. The van der Waals surface area contributed by atoms with Gasteiger partial charge < -0.3 is 110 Å². The SMILES string of the molecule is C.CC(C)(C)OC(=O)N1CC=C(B2OC(C)(C)C(C)(C)O2)CC1.CC(C)(C)OC(=O)N1CC=C(c2ncc(N)c(C(N)=O)n2)CC1.CC(C)(C)OC(=O)N1CCC(c2ncc(N)c(C(N)=O)n2)CC1.CO.COC(=O)Cl.NC(=O)c1nc(C2CCNCC2)ncc1N.NC(=O)c1nc(Cl)ncc1N.Nc1cnc(Cl)nc1C(=O)O. The summed E-state index contributed by atoms with van der Waals surface area (Å²) >= 11 is 15.3. The lowest BCUT2D eigenvalue weighted by molar-refractivity contribution is 0.00578. The van der Waals surface area contributed by atoms with Gasteiger partial charge in [0.25, 0.3) is 23.6 Å². The number of carboxylic acids is 1. The van der Waals surface area contributed by atoms with Crippen molar-refractivity contribution in [3.63, 3.8) is 0 Å². The molecule has 7 amide bonds. The molecule has 628 valence electrons. The Morgan fingerprint density at radius 1 is 0.509 bits per heavy atom. The van der Waals surface area contributed by atoms with Crippen molar-refractivity contribution in [2.45, 2.75) is 176 Å². The summed E-state index contributed by atoms with van der Waals surface area (Å²) in [6.07, 6.45) is 14.2. The number of aliphatic hydroxyl groups is 1. The molecule has 5 aliphatic rings. The zero-order chi connectivity index (χ0) is 85.8. The fraction of sp³-hybridized carbons (Fsp3) is 0.529. The van der Waals surface area contributed by atoms with Crippen LogP contribution < -0.4 is 56.9 Å². The number of methoxy groups -OCH3 is 1. The summed E-state index contributed by atoms with van der Waals surface area (Å²) in [7, 11) is 1.90. The smallest absolute Gasteiger partial charge is 0.476 e. The molecule has 5 aromatic rings. The minimum Gasteiger partial charge on any atom is -0.476 e. The molecule has 21 N–H and O–H groups in total. The molecule has 0 atom stereocenters. The van der Waals surface area contributed by atoms with E-state index in [-0.39, 0.29) is 117 Å². The van der Waals surface area contributed by atoms with Crippen molar-refractivity contribution < 1.29 is 81.6 Å². The number of halogens is 3. The van der Waals surface area contributed by atoms with Crippen molar-refractivity contribution >= 4 is 129 Å². The number of rotatable bonds is 9. The van der Waals surface area contributed by atoms with E-state index in [0.29, 0.717) is 81.9 Å². The molecule has 10 rings (SSSR count). The molecule has 0 unspecified atom stereocenters. The molecule has 5 aromatic heterocycles. The zero-order valence-corrected chi connectivity index (χ0v) is 68.1. The van der Waals surface area contributed by atoms with Crippen LogP contribution in [0.5, 0.6) is 0 Å². The summed E-state index contributed by atoms with van der Waals surface area (Å²) in [5.74, 6) is -1.94. The summed E-state index contributed by atoms with van der Waals surface area (Å²) in [4.78, 5) is 144. The van der Waals surface area contributed by atoms with Crippen LogP contribution in [0, 0.1) is 0 Å². The molecule has 44 heteroatoms. The molecule has 0 spiro atoms. The van der Waals surface area contributed by atoms with Crippen molar-refractivity contribution in [1.29, 1.82) is 0 Å². The van der Waals surface area contributed by atoms with E-state index in [2.05, 4.69) is 71.5 Å². The predicted octanol–water partition coefficient (Wildman–Crippen LogP) is 6.72. The number of aromatic carboxylic acids is 1. The number of hydrogen-bond donors (Lipinski definition) is 12. The van der Waals surface area contributed by atoms with Gasteiger partial charge >= 0.3 is 36.8 Å². The number of anilines is 5. The number of piperidine rings is 2. The van der Waals surface area contributed by atoms with Gasteiger partial charge in [0.1, 0.15) is 28.5 Å². The molecule has 10 heterocycles. The van der Waals surface area contributed by atoms with E-state index in [1.54, 1.807) is 14.7 Å². The number of likely N-dealkylation sites (tertiary alicyclic amines) is 1. The first kappa shape index (κ1) is 99.4. The second-order valence-electron chi connectivity index (χ2n) is 28.9. The molecular weight excluding hydrogens is 1550 g/mol. The standard InChI is InChI=1S/C16H28BNO4.C15H23N5O3.C15H21N5O3.C10H15N5O.C5H5ClN4O.C5H4ClN3O2.C2H3ClO2.CH4O.CH4/c1-14(2,3)20-13(19)18-10-8-12(9-11-18)17-21-15(4,5)16(6,7)22-17;2*1-15(2,3)23-14(22)20-6-4-9(5-7-20)13-18-8-10(16)11(19-13)12(17)21;11-7-5-14-10(15-8(7)9(12)16)6-1-3-13-4-2-6;6-5-9-1-2(7)3(10-5)4(8)11;6-5-8-1-2(7)3(9-5)4(10)11;1-5-2(3)4;1-2;/h8H,9-11H2,1-7H3;8-9H,4-7,16H2,1-3H3,(H2,17,21);4,8H,5-7,16H2,1-3H3,(H2,17,21);5-6,13H,1-4,11H2,(H2,12,16);1H,7H2,(H2,8,11);1H,7H2,(H,10,11);1H3;2H,1H3;1H4. The number of nitrogen functional groups attached to an aromatic ring is 5. The number of amides is 7. The van der Waals surface area contributed by atoms with Gasteiger partial charge in [-0.05, 0) is 176 Å². The fourth-order valence-electron chi connectivity index (χ4n) is 9.93. The maximum Gasteiger partial charge on any atom is 0.490 e. The van der Waals surface area contributed by atoms with E-state index >= 15 is 0 Å². The number of aromatic nitrogens is 10. The van der Waals surface area contributed by atoms with Crippen molar-refractivity contribution in [2.24, 2.45) is 22.9 Å². The Kier molecular flexibility index (Phi) is 38.9. The maximum absolute atomic E-state index is 12.1. The second-order valence-corrected chi connectivity index (χ2v) is 29.9. The number of carbonyl (C=O) groups is 9. The minimum absolute atomic E-state index is 0. The van der Waals surface area contributed by atoms with E-state index in [1.165, 1.54) is 31.9 Å². The summed E-state index contributed by atoms with van der Waals surface area (Å²) < 4.78 is 32.1. The Balaban J connectivity index is 0.000000464. The number of primary amides is 4. The predicted molar refractivity (Wildman–Crippen MR) is 428 cm³/mol. The molecule has 3 fully saturated rings. The van der Waals surface area contributed by atoms with Gasteiger partial charge in [0.15, 0.2) is 34.3 Å². The van der Waals surface area contributed by atoms with E-state index in [9.17, 15) is 43.2 Å². The van der Waals surface area contributed by atoms with Crippen LogP contribution in [0.15, 0.2) is 48.6 Å². The van der Waals surface area contributed by atoms with Crippen LogP contribution in [0.25, 0.3) is 5.57 Å². The highest BCUT2D eigenvalue weighted by atomic mass is 35.5. The highest BCUT2D eigenvalue weighted by molar-refractivity contribution is 6.61. The van der Waals surface area contributed by atoms with Crippen molar-refractivity contribution in [3.05, 3.63) is 105 Å². The Hall–Kier alpha value is -10.7. The fourth-order valence-corrected chi connectivity index (χ4v) is 10.2. The number of ether oxygens (including phenoxy) is 4. The third kappa shape index (κ3) is 32.8. The highest BCUT2D eigenvalue weighted by Crippen LogP contribution is 2.40. The number of nitrogens with one attached hydrogen (secondary N) is 1. The van der Waals surface area contributed by atoms with Crippen LogP contribution in [-0.4, -0.2) is 230 Å². The zero-order valence-electron chi connectivity index (χ0n) is 65.8. The van der Waals surface area contributed by atoms with E-state index < -0.39 is 51.8 Å². The van der Waals surface area contributed by atoms with Crippen LogP contribution in [0.4, 0.5) is 47.6 Å². The van der Waals surface area contributed by atoms with E-state index in [1.807, 2.05) is 102 Å². The summed E-state index contributed by atoms with van der Waals surface area (Å²) in [6.45, 7) is 29.8. The molecular formula is C70H107BCl3N23O17. The minimum atomic E-state index is -1.22. The number of hydrogen-bond acceptors (Lipinski definition) is 32. The molecule has 0 aromatic carbocycles. The third-order valence-corrected chi connectivity index (χ3v) is 16.7. The van der Waals surface area contributed by atoms with Gasteiger partial charge in [-0.3, -0.25) is 19.2 Å². The Labute approximate surface area is 676 Å². The Morgan fingerprint density at radius 2 is 0.842 bits per heavy atom. The van der Waals surface area contributed by atoms with Crippen LogP contribution in [-0.2, 0) is 28.3 Å². The molecule has 3 saturated heterocycles. The average Bonchev–Trinajstić information content (AvgIpc) is 1.62. The molecule has 0 aliphatic carbocycles. The summed E-state index contributed by atoms with van der Waals surface area (Å²) in [5.41, 5.74) is 47.5. The van der Waals surface area contributed by atoms with Crippen LogP contribution in [0.3, 0.4) is 0 Å². The monoisotopic (exact) mass is 1660 g/mol. The molecule has 0 saturated carbocycles. The number of nitrogens with two attached hydrogens (primary N) is 9. The van der Waals surface area contributed by atoms with Crippen LogP contribution >= 0.6 is 34.8 Å². The van der Waals surface area contributed by atoms with E-state index in [4.69, 9.17) is 109 Å². The average molecular weight is 1660 g/mol. The summed E-state index contributed by atoms with van der Waals surface area (Å²) in [6, 6.07) is 0. The summed E-state index contributed by atoms with van der Waals surface area (Å²) in [5, 5.41) is 18.5. The molecule has 0 bridgehead atoms. The number of carbonyl (C=O) groups excluding carboxylic acids is 8. The highest BCUT2D eigenvalue weighted by Gasteiger charge is 2.52. The molecule has 40 nitrogen and oxygen atoms in total. The number of aliphatic hydroxyl groups excluding tert-OH is 1. The van der Waals surface area contributed by atoms with Crippen molar-refractivity contribution in [1.82, 2.24) is 69.9 Å². The number of carboxylic acid groups (broad SMARTS) is 1. The van der Waals surface area contributed by atoms with E-state index in [0.717, 1.165) is 56.7 Å². The Bertz CT molecular complexity index is 4130. The maximum atomic E-state index is 12.1. The van der Waals surface area contributed by atoms with Crippen molar-refractivity contribution in [3.8, 4) is 0 Å². The topological polar surface area (TPSA) is 634 Å². The van der Waals surface area contributed by atoms with Gasteiger partial charge in [-0.2, -0.15) is 0 Å². The van der Waals surface area contributed by atoms with Crippen molar-refractivity contribution in [2.75, 3.05) is 95.2 Å². The number of nitrogens with zero attached hydrogens (tertiary/aromatic N) is 13. The second kappa shape index (κ2) is 44.7. The van der Waals surface area contributed by atoms with Crippen LogP contribution in [0.1, 0.15) is 218 Å². The van der Waals surface area contributed by atoms with Gasteiger partial charge in [0.2, 0.25) is 10.6 Å². The van der Waals surface area contributed by atoms with Gasteiger partial charge in [0.05, 0.1) is 77.7 Å². The lowest BCUT2D eigenvalue weighted by atomic mass is 9.75. The molecule has 5 aliphatic heterocycles. The van der Waals surface area contributed by atoms with Gasteiger partial charge in [-0.15, -0.1) is 0 Å². The van der Waals surface area contributed by atoms with Gasteiger partial charge in [0, 0.05) is 69.8 Å². The van der Waals surface area contributed by atoms with Crippen LogP contribution in [0.2, 0.25) is 10.6 Å². The first-order valence-electron chi connectivity index (χ1n) is 34.9. The van der Waals surface area contributed by atoms with Gasteiger partial charge in [-0.25, -0.2) is 73.8 Å². The quantitative estimate of drug-likeness (QED) is 0.0315. The first-order chi connectivity index (χ1) is 52.4. The lowest BCUT2D eigenvalue weighted by Gasteiger charge is -2.33. The Morgan fingerprint density at radius 3 is 1.18 bits per heavy atom. The third-order valence-electron chi connectivity index (χ3n) is 16.2. The lowest BCUT2D eigenvalue weighted by Crippen LogP contribution is -2.41. The van der Waals surface area contributed by atoms with Gasteiger partial charge in [-0.1, -0.05) is 19.6 Å². The molecule has 0 radical (unpaired) electrons.